The van der Waals surface area contributed by atoms with Gasteiger partial charge >= 0.3 is 0 Å². The molecule has 7 heteroatoms. The Morgan fingerprint density at radius 3 is 2.54 bits per heavy atom. The molecular weight excluding hydrogens is 322 g/mol. The van der Waals surface area contributed by atoms with Crippen LogP contribution in [0.15, 0.2) is 29.4 Å². The number of anilines is 1. The highest BCUT2D eigenvalue weighted by Crippen LogP contribution is 2.13. The topological polar surface area (TPSA) is 60.8 Å². The summed E-state index contributed by atoms with van der Waals surface area (Å²) in [5.41, 5.74) is 0. The van der Waals surface area contributed by atoms with Crippen molar-refractivity contribution in [3.63, 3.8) is 0 Å². The Labute approximate surface area is 147 Å². The first-order valence-electron chi connectivity index (χ1n) is 8.42. The lowest BCUT2D eigenvalue weighted by atomic mass is 10.3. The van der Waals surface area contributed by atoms with Crippen molar-refractivity contribution in [2.24, 2.45) is 4.99 Å². The first kappa shape index (κ1) is 18.7. The molecule has 1 saturated heterocycles. The lowest BCUT2D eigenvalue weighted by molar-refractivity contribution is 0.372. The van der Waals surface area contributed by atoms with Crippen molar-refractivity contribution >= 4 is 22.6 Å². The molecule has 134 valence electrons. The molecule has 1 aromatic heterocycles. The van der Waals surface area contributed by atoms with Crippen molar-refractivity contribution < 1.29 is 4.21 Å². The van der Waals surface area contributed by atoms with Gasteiger partial charge < -0.3 is 15.1 Å². The highest BCUT2D eigenvalue weighted by molar-refractivity contribution is 7.86. The predicted octanol–water partition coefficient (Wildman–Crippen LogP) is 1.33. The lowest BCUT2D eigenvalue weighted by Crippen LogP contribution is -2.53. The standard InChI is InChI=1S/C17H29N5OS/c1-17(2,3)24(23)14-9-20-16(18-4)22-12-10-21(11-13-22)15-7-5-6-8-19-15/h5-8H,9-14H2,1-4H3,(H,18,20). The summed E-state index contributed by atoms with van der Waals surface area (Å²) in [6.45, 7) is 10.4. The molecule has 0 radical (unpaired) electrons. The molecule has 0 bridgehead atoms. The average molecular weight is 352 g/mol. The zero-order valence-corrected chi connectivity index (χ0v) is 16.0. The van der Waals surface area contributed by atoms with Gasteiger partial charge in [0.1, 0.15) is 5.82 Å². The van der Waals surface area contributed by atoms with Gasteiger partial charge in [0, 0.05) is 67.3 Å². The Morgan fingerprint density at radius 1 is 1.29 bits per heavy atom. The van der Waals surface area contributed by atoms with Gasteiger partial charge in [-0.25, -0.2) is 4.98 Å². The third kappa shape index (κ3) is 5.19. The number of rotatable bonds is 4. The average Bonchev–Trinajstić information content (AvgIpc) is 2.59. The van der Waals surface area contributed by atoms with Gasteiger partial charge in [-0.1, -0.05) is 6.07 Å². The van der Waals surface area contributed by atoms with E-state index in [0.29, 0.717) is 12.3 Å². The fourth-order valence-electron chi connectivity index (χ4n) is 2.58. The van der Waals surface area contributed by atoms with Crippen molar-refractivity contribution in [2.75, 3.05) is 50.4 Å². The fourth-order valence-corrected chi connectivity index (χ4v) is 3.48. The summed E-state index contributed by atoms with van der Waals surface area (Å²) in [4.78, 5) is 13.3. The summed E-state index contributed by atoms with van der Waals surface area (Å²) < 4.78 is 11.9. The Kier molecular flexibility index (Phi) is 6.60. The van der Waals surface area contributed by atoms with E-state index < -0.39 is 10.8 Å². The van der Waals surface area contributed by atoms with E-state index in [1.807, 2.05) is 45.2 Å². The molecule has 0 amide bonds. The maximum absolute atomic E-state index is 12.1. The Balaban J connectivity index is 1.80. The first-order chi connectivity index (χ1) is 11.4. The molecular formula is C17H29N5OS. The molecule has 0 aromatic carbocycles. The maximum Gasteiger partial charge on any atom is 0.193 e. The van der Waals surface area contributed by atoms with Crippen molar-refractivity contribution in [1.29, 1.82) is 0 Å². The van der Waals surface area contributed by atoms with Crippen LogP contribution in [0.1, 0.15) is 20.8 Å². The van der Waals surface area contributed by atoms with Crippen LogP contribution < -0.4 is 10.2 Å². The number of aliphatic imine (C=N–C) groups is 1. The van der Waals surface area contributed by atoms with Crippen molar-refractivity contribution in [3.05, 3.63) is 24.4 Å². The van der Waals surface area contributed by atoms with E-state index in [9.17, 15) is 4.21 Å². The van der Waals surface area contributed by atoms with Gasteiger partial charge in [0.25, 0.3) is 0 Å². The number of nitrogens with zero attached hydrogens (tertiary/aromatic N) is 4. The van der Waals surface area contributed by atoms with E-state index in [1.165, 1.54) is 0 Å². The highest BCUT2D eigenvalue weighted by atomic mass is 32.2. The van der Waals surface area contributed by atoms with Crippen LogP contribution in [0.25, 0.3) is 0 Å². The molecule has 1 aliphatic heterocycles. The quantitative estimate of drug-likeness (QED) is 0.655. The zero-order valence-electron chi connectivity index (χ0n) is 15.2. The van der Waals surface area contributed by atoms with Crippen LogP contribution in [-0.4, -0.2) is 70.3 Å². The second kappa shape index (κ2) is 8.46. The second-order valence-electron chi connectivity index (χ2n) is 6.80. The number of hydrogen-bond acceptors (Lipinski definition) is 4. The minimum Gasteiger partial charge on any atom is -0.355 e. The number of nitrogens with one attached hydrogen (secondary N) is 1. The number of piperazine rings is 1. The lowest BCUT2D eigenvalue weighted by Gasteiger charge is -2.37. The minimum absolute atomic E-state index is 0.167. The van der Waals surface area contributed by atoms with Gasteiger partial charge in [-0.3, -0.25) is 9.20 Å². The van der Waals surface area contributed by atoms with Gasteiger partial charge in [-0.15, -0.1) is 0 Å². The maximum atomic E-state index is 12.1. The molecule has 1 unspecified atom stereocenters. The Bertz CT molecular complexity index is 562. The van der Waals surface area contributed by atoms with Crippen LogP contribution in [0, 0.1) is 0 Å². The van der Waals surface area contributed by atoms with Gasteiger partial charge in [-0.05, 0) is 32.9 Å². The third-order valence-electron chi connectivity index (χ3n) is 4.02. The monoisotopic (exact) mass is 351 g/mol. The summed E-state index contributed by atoms with van der Waals surface area (Å²) in [5.74, 6) is 2.55. The van der Waals surface area contributed by atoms with Crippen LogP contribution in [0.5, 0.6) is 0 Å². The fraction of sp³-hybridized carbons (Fsp3) is 0.647. The number of aromatic nitrogens is 1. The molecule has 1 fully saturated rings. The smallest absolute Gasteiger partial charge is 0.193 e. The number of pyridine rings is 1. The summed E-state index contributed by atoms with van der Waals surface area (Å²) >= 11 is 0. The molecule has 0 saturated carbocycles. The van der Waals surface area contributed by atoms with E-state index in [4.69, 9.17) is 0 Å². The zero-order chi connectivity index (χ0) is 17.6. The van der Waals surface area contributed by atoms with E-state index in [1.54, 1.807) is 7.05 Å². The van der Waals surface area contributed by atoms with E-state index in [-0.39, 0.29) is 4.75 Å². The van der Waals surface area contributed by atoms with Gasteiger partial charge in [0.2, 0.25) is 0 Å². The Morgan fingerprint density at radius 2 is 2.00 bits per heavy atom. The molecule has 2 heterocycles. The highest BCUT2D eigenvalue weighted by Gasteiger charge is 2.22. The third-order valence-corrected chi connectivity index (χ3v) is 5.96. The first-order valence-corrected chi connectivity index (χ1v) is 9.74. The van der Waals surface area contributed by atoms with E-state index in [0.717, 1.165) is 38.0 Å². The van der Waals surface area contributed by atoms with Crippen LogP contribution in [0.2, 0.25) is 0 Å². The van der Waals surface area contributed by atoms with Crippen LogP contribution in [0.4, 0.5) is 5.82 Å². The molecule has 1 N–H and O–H groups in total. The predicted molar refractivity (Wildman–Crippen MR) is 102 cm³/mol. The number of guanidine groups is 1. The van der Waals surface area contributed by atoms with Crippen molar-refractivity contribution in [1.82, 2.24) is 15.2 Å². The largest absolute Gasteiger partial charge is 0.355 e. The number of hydrogen-bond donors (Lipinski definition) is 1. The van der Waals surface area contributed by atoms with E-state index >= 15 is 0 Å². The molecule has 6 nitrogen and oxygen atoms in total. The molecule has 0 aliphatic carbocycles. The van der Waals surface area contributed by atoms with Crippen LogP contribution in [-0.2, 0) is 10.8 Å². The SMILES string of the molecule is CN=C(NCCS(=O)C(C)(C)C)N1CCN(c2ccccn2)CC1. The summed E-state index contributed by atoms with van der Waals surface area (Å²) in [7, 11) is 0.956. The summed E-state index contributed by atoms with van der Waals surface area (Å²) in [6, 6.07) is 6.00. The molecule has 1 atom stereocenters. The molecule has 1 aromatic rings. The van der Waals surface area contributed by atoms with Crippen molar-refractivity contribution in [3.8, 4) is 0 Å². The molecule has 2 rings (SSSR count). The second-order valence-corrected chi connectivity index (χ2v) is 9.12. The molecule has 1 aliphatic rings. The van der Waals surface area contributed by atoms with Gasteiger partial charge in [0.05, 0.1) is 0 Å². The normalized spacial score (nSPS) is 17.8. The minimum atomic E-state index is -0.844. The van der Waals surface area contributed by atoms with Crippen molar-refractivity contribution in [2.45, 2.75) is 25.5 Å². The van der Waals surface area contributed by atoms with Crippen LogP contribution in [0.3, 0.4) is 0 Å². The summed E-state index contributed by atoms with van der Waals surface area (Å²) in [6.07, 6.45) is 1.83. The van der Waals surface area contributed by atoms with E-state index in [2.05, 4.69) is 25.1 Å². The Hall–Kier alpha value is -1.63. The van der Waals surface area contributed by atoms with Crippen LogP contribution >= 0.6 is 0 Å². The van der Waals surface area contributed by atoms with Gasteiger partial charge in [-0.2, -0.15) is 0 Å². The summed E-state index contributed by atoms with van der Waals surface area (Å²) in [5, 5.41) is 3.35. The van der Waals surface area contributed by atoms with Gasteiger partial charge in [0.15, 0.2) is 5.96 Å². The molecule has 24 heavy (non-hydrogen) atoms. The molecule has 0 spiro atoms.